The van der Waals surface area contributed by atoms with E-state index in [0.29, 0.717) is 30.6 Å². The van der Waals surface area contributed by atoms with E-state index in [0.717, 1.165) is 5.56 Å². The Bertz CT molecular complexity index is 664. The molecular weight excluding hydrogens is 290 g/mol. The van der Waals surface area contributed by atoms with Crippen molar-refractivity contribution in [2.45, 2.75) is 6.42 Å². The Morgan fingerprint density at radius 2 is 2.00 bits per heavy atom. The molecular formula is C14H14ClN5O. The molecule has 21 heavy (non-hydrogen) atoms. The predicted octanol–water partition coefficient (Wildman–Crippen LogP) is 1.71. The lowest BCUT2D eigenvalue weighted by atomic mass is 10.2. The van der Waals surface area contributed by atoms with Crippen LogP contribution in [0.2, 0.25) is 0 Å². The molecule has 2 N–H and O–H groups in total. The number of carbonyl (C=O) groups is 1. The lowest BCUT2D eigenvalue weighted by molar-refractivity contribution is -0.117. The van der Waals surface area contributed by atoms with E-state index in [4.69, 9.17) is 17.3 Å². The molecule has 1 amide bonds. The van der Waals surface area contributed by atoms with Crippen molar-refractivity contribution in [3.8, 4) is 11.4 Å². The largest absolute Gasteiger partial charge is 0.368 e. The molecule has 0 spiro atoms. The summed E-state index contributed by atoms with van der Waals surface area (Å²) in [5.74, 6) is 1.37. The molecule has 1 aliphatic heterocycles. The number of anilines is 2. The second kappa shape index (κ2) is 5.65. The third kappa shape index (κ3) is 2.80. The number of aromatic nitrogens is 3. The van der Waals surface area contributed by atoms with Gasteiger partial charge in [-0.3, -0.25) is 9.69 Å². The summed E-state index contributed by atoms with van der Waals surface area (Å²) in [6.45, 7) is 0.514. The summed E-state index contributed by atoms with van der Waals surface area (Å²) in [5.41, 5.74) is 6.58. The fourth-order valence-electron chi connectivity index (χ4n) is 2.30. The van der Waals surface area contributed by atoms with Crippen LogP contribution in [-0.2, 0) is 4.79 Å². The molecule has 1 aliphatic rings. The molecule has 2 heterocycles. The van der Waals surface area contributed by atoms with Gasteiger partial charge in [0, 0.05) is 24.4 Å². The highest BCUT2D eigenvalue weighted by atomic mass is 35.5. The first-order valence-corrected chi connectivity index (χ1v) is 7.14. The van der Waals surface area contributed by atoms with Crippen LogP contribution in [0.4, 0.5) is 11.9 Å². The first-order chi connectivity index (χ1) is 10.2. The van der Waals surface area contributed by atoms with Crippen molar-refractivity contribution in [2.75, 3.05) is 23.1 Å². The first kappa shape index (κ1) is 13.8. The van der Waals surface area contributed by atoms with Gasteiger partial charge < -0.3 is 5.73 Å². The van der Waals surface area contributed by atoms with Crippen molar-refractivity contribution in [1.82, 2.24) is 15.0 Å². The summed E-state index contributed by atoms with van der Waals surface area (Å²) >= 11 is 5.83. The van der Waals surface area contributed by atoms with Crippen LogP contribution in [0.15, 0.2) is 30.3 Å². The fourth-order valence-corrected chi connectivity index (χ4v) is 2.50. The van der Waals surface area contributed by atoms with E-state index in [1.54, 1.807) is 0 Å². The number of nitrogens with zero attached hydrogens (tertiary/aromatic N) is 4. The van der Waals surface area contributed by atoms with E-state index in [1.165, 1.54) is 4.90 Å². The predicted molar refractivity (Wildman–Crippen MR) is 80.9 cm³/mol. The minimum atomic E-state index is -0.0368. The van der Waals surface area contributed by atoms with E-state index < -0.39 is 0 Å². The Morgan fingerprint density at radius 3 is 2.67 bits per heavy atom. The monoisotopic (exact) mass is 303 g/mol. The Labute approximate surface area is 127 Å². The Morgan fingerprint density at radius 1 is 1.24 bits per heavy atom. The molecule has 1 fully saturated rings. The number of alkyl halides is 1. The number of rotatable bonds is 3. The number of halogens is 1. The van der Waals surface area contributed by atoms with E-state index >= 15 is 0 Å². The zero-order chi connectivity index (χ0) is 14.8. The molecule has 0 radical (unpaired) electrons. The van der Waals surface area contributed by atoms with Crippen LogP contribution in [0.3, 0.4) is 0 Å². The van der Waals surface area contributed by atoms with Crippen LogP contribution in [0.25, 0.3) is 11.4 Å². The zero-order valence-corrected chi connectivity index (χ0v) is 12.0. The number of amides is 1. The van der Waals surface area contributed by atoms with Crippen LogP contribution in [-0.4, -0.2) is 33.3 Å². The topological polar surface area (TPSA) is 85.0 Å². The van der Waals surface area contributed by atoms with Gasteiger partial charge in [0.2, 0.25) is 17.8 Å². The Balaban J connectivity index is 1.97. The summed E-state index contributed by atoms with van der Waals surface area (Å²) in [4.78, 5) is 26.1. The van der Waals surface area contributed by atoms with Gasteiger partial charge in [0.1, 0.15) is 0 Å². The molecule has 7 heteroatoms. The summed E-state index contributed by atoms with van der Waals surface area (Å²) in [5, 5.41) is 0. The van der Waals surface area contributed by atoms with Crippen LogP contribution in [0.5, 0.6) is 0 Å². The maximum atomic E-state index is 12.0. The normalized spacial score (nSPS) is 18.2. The van der Waals surface area contributed by atoms with E-state index in [-0.39, 0.29) is 17.8 Å². The maximum absolute atomic E-state index is 12.0. The molecule has 1 atom stereocenters. The van der Waals surface area contributed by atoms with Crippen molar-refractivity contribution < 1.29 is 4.79 Å². The van der Waals surface area contributed by atoms with Crippen molar-refractivity contribution in [1.29, 1.82) is 0 Å². The van der Waals surface area contributed by atoms with Gasteiger partial charge in [0.15, 0.2) is 5.82 Å². The molecule has 0 saturated carbocycles. The van der Waals surface area contributed by atoms with Crippen LogP contribution >= 0.6 is 11.6 Å². The van der Waals surface area contributed by atoms with Crippen molar-refractivity contribution >= 4 is 29.4 Å². The summed E-state index contributed by atoms with van der Waals surface area (Å²) < 4.78 is 0. The maximum Gasteiger partial charge on any atom is 0.237 e. The lowest BCUT2D eigenvalue weighted by Crippen LogP contribution is -2.27. The third-order valence-corrected chi connectivity index (χ3v) is 3.77. The zero-order valence-electron chi connectivity index (χ0n) is 11.2. The van der Waals surface area contributed by atoms with Gasteiger partial charge in [0.05, 0.1) is 0 Å². The lowest BCUT2D eigenvalue weighted by Gasteiger charge is -2.15. The number of nitrogen functional groups attached to an aromatic ring is 1. The number of hydrogen-bond acceptors (Lipinski definition) is 5. The van der Waals surface area contributed by atoms with Crippen LogP contribution in [0, 0.1) is 5.92 Å². The summed E-state index contributed by atoms with van der Waals surface area (Å²) in [6, 6.07) is 9.45. The highest BCUT2D eigenvalue weighted by molar-refractivity contribution is 6.18. The van der Waals surface area contributed by atoms with E-state index in [9.17, 15) is 4.79 Å². The second-order valence-electron chi connectivity index (χ2n) is 4.91. The molecule has 0 aliphatic carbocycles. The molecule has 6 nitrogen and oxygen atoms in total. The molecule has 1 unspecified atom stereocenters. The first-order valence-electron chi connectivity index (χ1n) is 6.60. The Hall–Kier alpha value is -2.21. The molecule has 0 bridgehead atoms. The third-order valence-electron chi connectivity index (χ3n) is 3.34. The van der Waals surface area contributed by atoms with Gasteiger partial charge in [-0.05, 0) is 5.92 Å². The highest BCUT2D eigenvalue weighted by Crippen LogP contribution is 2.25. The molecule has 1 aromatic heterocycles. The van der Waals surface area contributed by atoms with Crippen molar-refractivity contribution in [3.63, 3.8) is 0 Å². The minimum absolute atomic E-state index is 0.0368. The SMILES string of the molecule is Nc1nc(-c2ccccc2)nc(N2CC(CCl)CC2=O)n1. The molecule has 3 rings (SSSR count). The molecule has 2 aromatic rings. The van der Waals surface area contributed by atoms with Gasteiger partial charge in [-0.15, -0.1) is 11.6 Å². The number of hydrogen-bond donors (Lipinski definition) is 1. The fraction of sp³-hybridized carbons (Fsp3) is 0.286. The van der Waals surface area contributed by atoms with Crippen molar-refractivity contribution in [3.05, 3.63) is 30.3 Å². The number of benzene rings is 1. The average Bonchev–Trinajstić information content (AvgIpc) is 2.89. The molecule has 108 valence electrons. The van der Waals surface area contributed by atoms with Gasteiger partial charge in [-0.2, -0.15) is 15.0 Å². The van der Waals surface area contributed by atoms with E-state index in [2.05, 4.69) is 15.0 Å². The number of carbonyl (C=O) groups excluding carboxylic acids is 1. The van der Waals surface area contributed by atoms with Crippen LogP contribution in [0.1, 0.15) is 6.42 Å². The smallest absolute Gasteiger partial charge is 0.237 e. The summed E-state index contributed by atoms with van der Waals surface area (Å²) in [7, 11) is 0. The standard InChI is InChI=1S/C14H14ClN5O/c15-7-9-6-11(21)20(8-9)14-18-12(17-13(16)19-14)10-4-2-1-3-5-10/h1-5,9H,6-8H2,(H2,16,17,18,19). The quantitative estimate of drug-likeness (QED) is 0.873. The van der Waals surface area contributed by atoms with Gasteiger partial charge in [-0.1, -0.05) is 30.3 Å². The summed E-state index contributed by atoms with van der Waals surface area (Å²) in [6.07, 6.45) is 0.412. The average molecular weight is 304 g/mol. The molecule has 1 aromatic carbocycles. The molecule has 1 saturated heterocycles. The van der Waals surface area contributed by atoms with Crippen molar-refractivity contribution in [2.24, 2.45) is 5.92 Å². The van der Waals surface area contributed by atoms with Gasteiger partial charge in [-0.25, -0.2) is 0 Å². The highest BCUT2D eigenvalue weighted by Gasteiger charge is 2.32. The van der Waals surface area contributed by atoms with Gasteiger partial charge >= 0.3 is 0 Å². The number of nitrogens with two attached hydrogens (primary N) is 1. The Kier molecular flexibility index (Phi) is 3.70. The van der Waals surface area contributed by atoms with Gasteiger partial charge in [0.25, 0.3) is 0 Å². The minimum Gasteiger partial charge on any atom is -0.368 e. The van der Waals surface area contributed by atoms with E-state index in [1.807, 2.05) is 30.3 Å². The van der Waals surface area contributed by atoms with Crippen LogP contribution < -0.4 is 10.6 Å². The second-order valence-corrected chi connectivity index (χ2v) is 5.22.